The molecule has 5 heteroatoms. The summed E-state index contributed by atoms with van der Waals surface area (Å²) in [5.41, 5.74) is 0. The number of carbonyl (C=O) groups is 1. The van der Waals surface area contributed by atoms with Crippen molar-refractivity contribution in [1.29, 1.82) is 0 Å². The van der Waals surface area contributed by atoms with Gasteiger partial charge < -0.3 is 18.9 Å². The van der Waals surface area contributed by atoms with Gasteiger partial charge in [-0.1, -0.05) is 13.3 Å². The van der Waals surface area contributed by atoms with E-state index in [2.05, 4.69) is 6.92 Å². The molecule has 2 fully saturated rings. The maximum Gasteiger partial charge on any atom is 0.338 e. The summed E-state index contributed by atoms with van der Waals surface area (Å²) < 4.78 is 21.8. The van der Waals surface area contributed by atoms with Crippen LogP contribution in [0.25, 0.3) is 0 Å². The third kappa shape index (κ3) is 2.78. The first kappa shape index (κ1) is 12.8. The quantitative estimate of drug-likeness (QED) is 0.538. The lowest BCUT2D eigenvalue weighted by atomic mass is 10.1. The van der Waals surface area contributed by atoms with Gasteiger partial charge in [0.25, 0.3) is 0 Å². The van der Waals surface area contributed by atoms with Gasteiger partial charge in [-0.25, -0.2) is 4.79 Å². The predicted molar refractivity (Wildman–Crippen MR) is 59.4 cm³/mol. The molecule has 0 aromatic rings. The second-order valence-corrected chi connectivity index (χ2v) is 4.92. The van der Waals surface area contributed by atoms with E-state index in [4.69, 9.17) is 18.9 Å². The largest absolute Gasteiger partial charge is 0.455 e. The smallest absolute Gasteiger partial charge is 0.338 e. The zero-order valence-corrected chi connectivity index (χ0v) is 10.6. The van der Waals surface area contributed by atoms with E-state index in [1.54, 1.807) is 13.8 Å². The van der Waals surface area contributed by atoms with Crippen molar-refractivity contribution in [3.05, 3.63) is 0 Å². The summed E-state index contributed by atoms with van der Waals surface area (Å²) in [6.45, 7) is 6.77. The fraction of sp³-hybridized carbons (Fsp3) is 0.917. The molecule has 98 valence electrons. The number of cyclic esters (lactones) is 1. The van der Waals surface area contributed by atoms with Crippen LogP contribution in [0.15, 0.2) is 0 Å². The lowest BCUT2D eigenvalue weighted by Crippen LogP contribution is -2.33. The maximum absolute atomic E-state index is 11.6. The number of hydrogen-bond acceptors (Lipinski definition) is 5. The molecule has 0 radical (unpaired) electrons. The number of rotatable bonds is 5. The van der Waals surface area contributed by atoms with Crippen LogP contribution in [-0.4, -0.2) is 43.3 Å². The van der Waals surface area contributed by atoms with Gasteiger partial charge in [-0.2, -0.15) is 0 Å². The summed E-state index contributed by atoms with van der Waals surface area (Å²) in [5, 5.41) is 0. The fourth-order valence-corrected chi connectivity index (χ4v) is 2.10. The van der Waals surface area contributed by atoms with Crippen LogP contribution in [0.2, 0.25) is 0 Å². The lowest BCUT2D eigenvalue weighted by molar-refractivity contribution is -0.190. The normalized spacial score (nSPS) is 34.8. The number of esters is 1. The summed E-state index contributed by atoms with van der Waals surface area (Å²) in [6.07, 6.45) is 0.829. The minimum atomic E-state index is -0.712. The van der Waals surface area contributed by atoms with Gasteiger partial charge in [-0.05, 0) is 20.3 Å². The number of fused-ring (bicyclic) bond motifs is 1. The molecule has 0 amide bonds. The number of carbonyl (C=O) groups excluding carboxylic acids is 1. The van der Waals surface area contributed by atoms with Gasteiger partial charge in [0.05, 0.1) is 6.61 Å². The van der Waals surface area contributed by atoms with Gasteiger partial charge in [-0.15, -0.1) is 0 Å². The van der Waals surface area contributed by atoms with Crippen molar-refractivity contribution in [2.45, 2.75) is 57.7 Å². The van der Waals surface area contributed by atoms with Crippen molar-refractivity contribution in [1.82, 2.24) is 0 Å². The highest BCUT2D eigenvalue weighted by Crippen LogP contribution is 2.35. The van der Waals surface area contributed by atoms with Crippen LogP contribution >= 0.6 is 0 Å². The summed E-state index contributed by atoms with van der Waals surface area (Å²) in [5.74, 6) is -1.05. The van der Waals surface area contributed by atoms with Crippen LogP contribution < -0.4 is 0 Å². The molecule has 0 aromatic carbocycles. The van der Waals surface area contributed by atoms with E-state index >= 15 is 0 Å². The minimum Gasteiger partial charge on any atom is -0.455 e. The molecule has 0 aromatic heterocycles. The highest BCUT2D eigenvalue weighted by molar-refractivity contribution is 5.78. The second kappa shape index (κ2) is 4.92. The van der Waals surface area contributed by atoms with Crippen molar-refractivity contribution < 1.29 is 23.7 Å². The molecule has 3 atom stereocenters. The van der Waals surface area contributed by atoms with Crippen molar-refractivity contribution in [2.24, 2.45) is 0 Å². The van der Waals surface area contributed by atoms with Crippen LogP contribution in [0.3, 0.4) is 0 Å². The molecule has 5 nitrogen and oxygen atoms in total. The Hall–Kier alpha value is -0.650. The summed E-state index contributed by atoms with van der Waals surface area (Å²) >= 11 is 0. The van der Waals surface area contributed by atoms with E-state index in [0.29, 0.717) is 13.2 Å². The van der Waals surface area contributed by atoms with Crippen LogP contribution in [0.5, 0.6) is 0 Å². The maximum atomic E-state index is 11.6. The van der Waals surface area contributed by atoms with Gasteiger partial charge >= 0.3 is 5.97 Å². The van der Waals surface area contributed by atoms with Crippen molar-refractivity contribution in [2.75, 3.05) is 13.2 Å². The molecule has 17 heavy (non-hydrogen) atoms. The van der Waals surface area contributed by atoms with Crippen molar-refractivity contribution in [3.63, 3.8) is 0 Å². The molecule has 2 heterocycles. The fourth-order valence-electron chi connectivity index (χ4n) is 2.10. The van der Waals surface area contributed by atoms with Gasteiger partial charge in [0.2, 0.25) is 0 Å². The van der Waals surface area contributed by atoms with E-state index < -0.39 is 11.9 Å². The molecule has 2 saturated heterocycles. The SMILES string of the molecule is CCCCOCC1OC(=O)[C@@H]2OC(C)(C)O[C@H]12. The third-order valence-corrected chi connectivity index (χ3v) is 2.92. The van der Waals surface area contributed by atoms with Gasteiger partial charge in [0, 0.05) is 6.61 Å². The van der Waals surface area contributed by atoms with E-state index in [-0.39, 0.29) is 18.2 Å². The predicted octanol–water partition coefficient (Wildman–Crippen LogP) is 1.25. The molecule has 0 N–H and O–H groups in total. The first-order chi connectivity index (χ1) is 8.03. The minimum absolute atomic E-state index is 0.334. The van der Waals surface area contributed by atoms with Crippen LogP contribution in [0.4, 0.5) is 0 Å². The second-order valence-electron chi connectivity index (χ2n) is 4.92. The summed E-state index contributed by atoms with van der Waals surface area (Å²) in [6, 6.07) is 0. The molecule has 2 aliphatic rings. The Labute approximate surface area is 101 Å². The Morgan fingerprint density at radius 2 is 2.12 bits per heavy atom. The topological polar surface area (TPSA) is 54.0 Å². The average molecular weight is 244 g/mol. The van der Waals surface area contributed by atoms with Gasteiger partial charge in [0.1, 0.15) is 6.10 Å². The highest BCUT2D eigenvalue weighted by atomic mass is 16.8. The Balaban J connectivity index is 1.86. The summed E-state index contributed by atoms with van der Waals surface area (Å²) in [4.78, 5) is 11.6. The molecule has 0 saturated carbocycles. The van der Waals surface area contributed by atoms with Crippen LogP contribution in [-0.2, 0) is 23.7 Å². The monoisotopic (exact) mass is 244 g/mol. The lowest BCUT2D eigenvalue weighted by Gasteiger charge is -2.21. The van der Waals surface area contributed by atoms with E-state index in [9.17, 15) is 4.79 Å². The zero-order valence-electron chi connectivity index (χ0n) is 10.6. The molecular weight excluding hydrogens is 224 g/mol. The zero-order chi connectivity index (χ0) is 12.5. The molecule has 0 bridgehead atoms. The number of unbranched alkanes of at least 4 members (excludes halogenated alkanes) is 1. The van der Waals surface area contributed by atoms with Crippen molar-refractivity contribution >= 4 is 5.97 Å². The Morgan fingerprint density at radius 1 is 1.35 bits per heavy atom. The average Bonchev–Trinajstić information content (AvgIpc) is 2.70. The Kier molecular flexibility index (Phi) is 3.70. The van der Waals surface area contributed by atoms with Crippen molar-refractivity contribution in [3.8, 4) is 0 Å². The van der Waals surface area contributed by atoms with Gasteiger partial charge in [-0.3, -0.25) is 0 Å². The first-order valence-electron chi connectivity index (χ1n) is 6.17. The van der Waals surface area contributed by atoms with Crippen LogP contribution in [0, 0.1) is 0 Å². The molecule has 0 spiro atoms. The van der Waals surface area contributed by atoms with E-state index in [1.807, 2.05) is 0 Å². The molecule has 2 rings (SSSR count). The van der Waals surface area contributed by atoms with Gasteiger partial charge in [0.15, 0.2) is 18.0 Å². The molecular formula is C12H20O5. The summed E-state index contributed by atoms with van der Waals surface area (Å²) in [7, 11) is 0. The number of hydrogen-bond donors (Lipinski definition) is 0. The van der Waals surface area contributed by atoms with E-state index in [0.717, 1.165) is 12.8 Å². The Bertz CT molecular complexity index is 289. The molecule has 2 aliphatic heterocycles. The standard InChI is InChI=1S/C12H20O5/c1-4-5-6-14-7-8-9-10(11(13)15-8)17-12(2,3)16-9/h8-10H,4-7H2,1-3H3/t8?,9-,10-/m1/s1. The number of ether oxygens (including phenoxy) is 4. The Morgan fingerprint density at radius 3 is 2.82 bits per heavy atom. The highest BCUT2D eigenvalue weighted by Gasteiger charge is 2.55. The third-order valence-electron chi connectivity index (χ3n) is 2.92. The first-order valence-corrected chi connectivity index (χ1v) is 6.17. The molecule has 1 unspecified atom stereocenters. The van der Waals surface area contributed by atoms with Crippen LogP contribution in [0.1, 0.15) is 33.6 Å². The molecule has 0 aliphatic carbocycles. The van der Waals surface area contributed by atoms with E-state index in [1.165, 1.54) is 0 Å².